The lowest BCUT2D eigenvalue weighted by Gasteiger charge is -2.26. The zero-order chi connectivity index (χ0) is 12.2. The second kappa shape index (κ2) is 5.85. The summed E-state index contributed by atoms with van der Waals surface area (Å²) in [5, 5.41) is 3.81. The van der Waals surface area contributed by atoms with E-state index >= 15 is 0 Å². The highest BCUT2D eigenvalue weighted by Crippen LogP contribution is 2.41. The third-order valence-electron chi connectivity index (χ3n) is 4.22. The van der Waals surface area contributed by atoms with Crippen LogP contribution in [0, 0.1) is 11.8 Å². The van der Waals surface area contributed by atoms with E-state index < -0.39 is 0 Å². The molecule has 0 amide bonds. The van der Waals surface area contributed by atoms with Crippen LogP contribution in [0.15, 0.2) is 30.3 Å². The Morgan fingerprint density at radius 3 is 2.44 bits per heavy atom. The molecule has 1 heterocycles. The maximum Gasteiger partial charge on any atom is 0.0469 e. The lowest BCUT2D eigenvalue weighted by molar-refractivity contribution is 0.0652. The summed E-state index contributed by atoms with van der Waals surface area (Å²) in [5.74, 6) is 1.68. The number of hydrogen-bond acceptors (Lipinski definition) is 2. The molecule has 2 heteroatoms. The molecular weight excluding hydrogens is 222 g/mol. The third kappa shape index (κ3) is 3.12. The summed E-state index contributed by atoms with van der Waals surface area (Å²) < 4.78 is 5.42. The highest BCUT2D eigenvalue weighted by atomic mass is 16.5. The van der Waals surface area contributed by atoms with Gasteiger partial charge in [0, 0.05) is 19.3 Å². The van der Waals surface area contributed by atoms with Crippen LogP contribution < -0.4 is 5.32 Å². The summed E-state index contributed by atoms with van der Waals surface area (Å²) >= 11 is 0. The van der Waals surface area contributed by atoms with Gasteiger partial charge in [-0.3, -0.25) is 0 Å². The molecule has 3 rings (SSSR count). The van der Waals surface area contributed by atoms with Crippen LogP contribution in [0.1, 0.15) is 37.3 Å². The second-order valence-corrected chi connectivity index (χ2v) is 5.69. The zero-order valence-corrected chi connectivity index (χ0v) is 11.0. The van der Waals surface area contributed by atoms with E-state index in [9.17, 15) is 0 Å². The quantitative estimate of drug-likeness (QED) is 0.860. The van der Waals surface area contributed by atoms with Crippen LogP contribution in [-0.2, 0) is 4.74 Å². The Bertz CT molecular complexity index is 355. The fraction of sp³-hybridized carbons (Fsp3) is 0.625. The van der Waals surface area contributed by atoms with Crippen molar-refractivity contribution in [1.82, 2.24) is 5.32 Å². The van der Waals surface area contributed by atoms with Gasteiger partial charge in [0.15, 0.2) is 0 Å². The summed E-state index contributed by atoms with van der Waals surface area (Å²) in [6, 6.07) is 11.5. The molecule has 1 saturated heterocycles. The van der Waals surface area contributed by atoms with E-state index in [0.717, 1.165) is 31.6 Å². The summed E-state index contributed by atoms with van der Waals surface area (Å²) in [7, 11) is 0. The van der Waals surface area contributed by atoms with Crippen molar-refractivity contribution in [3.05, 3.63) is 35.9 Å². The first-order valence-electron chi connectivity index (χ1n) is 7.29. The van der Waals surface area contributed by atoms with Crippen molar-refractivity contribution in [2.75, 3.05) is 19.8 Å². The fourth-order valence-corrected chi connectivity index (χ4v) is 2.89. The van der Waals surface area contributed by atoms with Crippen LogP contribution in [0.5, 0.6) is 0 Å². The van der Waals surface area contributed by atoms with Gasteiger partial charge in [-0.25, -0.2) is 0 Å². The van der Waals surface area contributed by atoms with E-state index in [1.54, 1.807) is 0 Å². The molecule has 1 atom stereocenters. The van der Waals surface area contributed by atoms with Gasteiger partial charge in [-0.05, 0) is 49.6 Å². The molecule has 1 aliphatic heterocycles. The monoisotopic (exact) mass is 245 g/mol. The van der Waals surface area contributed by atoms with E-state index in [0.29, 0.717) is 6.04 Å². The van der Waals surface area contributed by atoms with Crippen molar-refractivity contribution in [3.8, 4) is 0 Å². The molecule has 1 aromatic rings. The zero-order valence-electron chi connectivity index (χ0n) is 11.0. The van der Waals surface area contributed by atoms with Gasteiger partial charge in [0.05, 0.1) is 0 Å². The number of benzene rings is 1. The Kier molecular flexibility index (Phi) is 3.96. The maximum atomic E-state index is 5.42. The maximum absolute atomic E-state index is 5.42. The largest absolute Gasteiger partial charge is 0.381 e. The molecule has 1 saturated carbocycles. The van der Waals surface area contributed by atoms with Gasteiger partial charge in [-0.2, -0.15) is 0 Å². The average Bonchev–Trinajstić information content (AvgIpc) is 3.26. The summed E-state index contributed by atoms with van der Waals surface area (Å²) in [6.07, 6.45) is 5.22. The molecule has 0 aromatic heterocycles. The number of rotatable bonds is 5. The van der Waals surface area contributed by atoms with Crippen molar-refractivity contribution in [2.45, 2.75) is 31.7 Å². The molecule has 98 valence electrons. The van der Waals surface area contributed by atoms with E-state index in [-0.39, 0.29) is 0 Å². The first-order chi connectivity index (χ1) is 8.93. The molecule has 1 N–H and O–H groups in total. The van der Waals surface area contributed by atoms with Crippen LogP contribution in [0.4, 0.5) is 0 Å². The summed E-state index contributed by atoms with van der Waals surface area (Å²) in [6.45, 7) is 3.05. The Balaban J connectivity index is 1.57. The SMILES string of the molecule is c1ccc(C(NCC2CCOCC2)C2CC2)cc1. The highest BCUT2D eigenvalue weighted by molar-refractivity contribution is 5.21. The van der Waals surface area contributed by atoms with E-state index in [1.807, 2.05) is 0 Å². The number of nitrogens with one attached hydrogen (secondary N) is 1. The first-order valence-corrected chi connectivity index (χ1v) is 7.29. The normalized spacial score (nSPS) is 22.9. The Hall–Kier alpha value is -0.860. The van der Waals surface area contributed by atoms with Crippen LogP contribution in [0.25, 0.3) is 0 Å². The minimum Gasteiger partial charge on any atom is -0.381 e. The number of ether oxygens (including phenoxy) is 1. The molecule has 18 heavy (non-hydrogen) atoms. The molecule has 0 bridgehead atoms. The standard InChI is InChI=1S/C16H23NO/c1-2-4-14(5-3-1)16(15-6-7-15)17-12-13-8-10-18-11-9-13/h1-5,13,15-17H,6-12H2. The van der Waals surface area contributed by atoms with Crippen molar-refractivity contribution in [3.63, 3.8) is 0 Å². The lowest BCUT2D eigenvalue weighted by Crippen LogP contribution is -2.31. The van der Waals surface area contributed by atoms with E-state index in [4.69, 9.17) is 4.74 Å². The third-order valence-corrected chi connectivity index (χ3v) is 4.22. The van der Waals surface area contributed by atoms with E-state index in [1.165, 1.54) is 31.2 Å². The van der Waals surface area contributed by atoms with Gasteiger partial charge >= 0.3 is 0 Å². The summed E-state index contributed by atoms with van der Waals surface area (Å²) in [4.78, 5) is 0. The predicted molar refractivity (Wildman–Crippen MR) is 73.5 cm³/mol. The Morgan fingerprint density at radius 2 is 1.78 bits per heavy atom. The average molecular weight is 245 g/mol. The van der Waals surface area contributed by atoms with Crippen LogP contribution in [0.3, 0.4) is 0 Å². The Labute approximate surface area is 110 Å². The van der Waals surface area contributed by atoms with E-state index in [2.05, 4.69) is 35.6 Å². The van der Waals surface area contributed by atoms with Crippen molar-refractivity contribution in [2.24, 2.45) is 11.8 Å². The molecule has 1 aromatic carbocycles. The molecule has 2 aliphatic rings. The van der Waals surface area contributed by atoms with Crippen LogP contribution >= 0.6 is 0 Å². The smallest absolute Gasteiger partial charge is 0.0469 e. The van der Waals surface area contributed by atoms with Crippen molar-refractivity contribution in [1.29, 1.82) is 0 Å². The lowest BCUT2D eigenvalue weighted by atomic mass is 9.97. The summed E-state index contributed by atoms with van der Waals surface area (Å²) in [5.41, 5.74) is 1.46. The first kappa shape index (κ1) is 12.2. The topological polar surface area (TPSA) is 21.3 Å². The second-order valence-electron chi connectivity index (χ2n) is 5.69. The van der Waals surface area contributed by atoms with Gasteiger partial charge in [0.25, 0.3) is 0 Å². The number of hydrogen-bond donors (Lipinski definition) is 1. The molecule has 1 unspecified atom stereocenters. The molecule has 1 aliphatic carbocycles. The molecule has 2 nitrogen and oxygen atoms in total. The van der Waals surface area contributed by atoms with Gasteiger partial charge in [0.1, 0.15) is 0 Å². The van der Waals surface area contributed by atoms with Crippen LogP contribution in [-0.4, -0.2) is 19.8 Å². The van der Waals surface area contributed by atoms with Crippen LogP contribution in [0.2, 0.25) is 0 Å². The van der Waals surface area contributed by atoms with Crippen molar-refractivity contribution < 1.29 is 4.74 Å². The molecule has 2 fully saturated rings. The Morgan fingerprint density at radius 1 is 1.06 bits per heavy atom. The van der Waals surface area contributed by atoms with Gasteiger partial charge in [-0.1, -0.05) is 30.3 Å². The highest BCUT2D eigenvalue weighted by Gasteiger charge is 2.32. The predicted octanol–water partition coefficient (Wildman–Crippen LogP) is 3.15. The van der Waals surface area contributed by atoms with Crippen molar-refractivity contribution >= 4 is 0 Å². The van der Waals surface area contributed by atoms with Gasteiger partial charge in [-0.15, -0.1) is 0 Å². The van der Waals surface area contributed by atoms with Gasteiger partial charge < -0.3 is 10.1 Å². The fourth-order valence-electron chi connectivity index (χ4n) is 2.89. The van der Waals surface area contributed by atoms with Gasteiger partial charge in [0.2, 0.25) is 0 Å². The molecular formula is C16H23NO. The molecule has 0 radical (unpaired) electrons. The minimum absolute atomic E-state index is 0.578. The minimum atomic E-state index is 0.578. The molecule has 0 spiro atoms.